The molecule has 1 N–H and O–H groups in total. The smallest absolute Gasteiger partial charge is 0.404 e. The number of piperazine rings is 4. The van der Waals surface area contributed by atoms with Crippen molar-refractivity contribution in [2.45, 2.75) is 59.8 Å². The van der Waals surface area contributed by atoms with E-state index in [-0.39, 0.29) is 65.9 Å². The predicted molar refractivity (Wildman–Crippen MR) is 288 cm³/mol. The third kappa shape index (κ3) is 16.0. The molecule has 4 fully saturated rings. The highest BCUT2D eigenvalue weighted by atomic mass is 35.5. The molecule has 4 aliphatic heterocycles. The van der Waals surface area contributed by atoms with E-state index in [0.717, 1.165) is 74.6 Å². The maximum atomic E-state index is 13.5. The van der Waals surface area contributed by atoms with E-state index in [1.165, 1.54) is 61.7 Å². The Hall–Kier alpha value is -5.47. The molecule has 4 aliphatic rings. The lowest BCUT2D eigenvalue weighted by Gasteiger charge is -2.52. The molecule has 4 atom stereocenters. The first kappa shape index (κ1) is 64.1. The minimum Gasteiger partial charge on any atom is -0.404 e. The Bertz CT molecular complexity index is 3390. The summed E-state index contributed by atoms with van der Waals surface area (Å²) in [4.78, 5) is 33.4. The molecule has 4 aromatic carbocycles. The van der Waals surface area contributed by atoms with Crippen LogP contribution in [0.5, 0.6) is 11.5 Å². The summed E-state index contributed by atoms with van der Waals surface area (Å²) in [5.41, 5.74) is 1.31. The molecule has 0 radical (unpaired) electrons. The second-order valence-corrected chi connectivity index (χ2v) is 27.0. The molecule has 0 aliphatic carbocycles. The Labute approximate surface area is 479 Å². The number of hydrogen-bond acceptors (Lipinski definition) is 13. The number of fused-ring (bicyclic) bond motifs is 4. The minimum atomic E-state index is -5.11. The highest BCUT2D eigenvalue weighted by Gasteiger charge is 2.45. The Morgan fingerprint density at radius 3 is 1.26 bits per heavy atom. The fourth-order valence-electron chi connectivity index (χ4n) is 9.92. The van der Waals surface area contributed by atoms with Gasteiger partial charge in [0.25, 0.3) is 0 Å². The second-order valence-electron chi connectivity index (χ2n) is 20.0. The number of alkyl halides is 6. The number of nitrogens with one attached hydrogen (secondary N) is 1. The van der Waals surface area contributed by atoms with Crippen LogP contribution in [-0.2, 0) is 52.7 Å². The molecule has 82 heavy (non-hydrogen) atoms. The van der Waals surface area contributed by atoms with Gasteiger partial charge in [-0.3, -0.25) is 19.4 Å². The van der Waals surface area contributed by atoms with Gasteiger partial charge in [0.1, 0.15) is 23.1 Å². The summed E-state index contributed by atoms with van der Waals surface area (Å²) >= 11 is 11.8. The lowest BCUT2D eigenvalue weighted by Crippen LogP contribution is -2.69. The number of hydrogen-bond donors (Lipinski definition) is 1. The maximum Gasteiger partial charge on any atom is 0.573 e. The number of ether oxygens (including phenoxy) is 2. The monoisotopic (exact) mass is 1260 g/mol. The van der Waals surface area contributed by atoms with E-state index in [0.29, 0.717) is 39.3 Å². The quantitative estimate of drug-likeness (QED) is 0.103. The molecular formula is C51H56Cl2F8N8O10S3. The van der Waals surface area contributed by atoms with Gasteiger partial charge in [-0.25, -0.2) is 42.6 Å². The molecule has 448 valence electrons. The Kier molecular flexibility index (Phi) is 19.9. The van der Waals surface area contributed by atoms with Crippen LogP contribution in [0.2, 0.25) is 10.0 Å². The van der Waals surface area contributed by atoms with Crippen molar-refractivity contribution in [3.63, 3.8) is 0 Å². The van der Waals surface area contributed by atoms with E-state index in [1.54, 1.807) is 29.2 Å². The van der Waals surface area contributed by atoms with Gasteiger partial charge < -0.3 is 24.6 Å². The summed E-state index contributed by atoms with van der Waals surface area (Å²) in [5, 5.41) is 2.15. The lowest BCUT2D eigenvalue weighted by atomic mass is 10.0. The summed E-state index contributed by atoms with van der Waals surface area (Å²) in [6, 6.07) is 13.9. The van der Waals surface area contributed by atoms with Gasteiger partial charge >= 0.3 is 12.7 Å². The Morgan fingerprint density at radius 2 is 0.927 bits per heavy atom. The molecule has 4 bridgehead atoms. The third-order valence-electron chi connectivity index (χ3n) is 13.6. The number of amides is 2. The van der Waals surface area contributed by atoms with E-state index in [9.17, 15) is 70.0 Å². The van der Waals surface area contributed by atoms with Crippen molar-refractivity contribution in [2.24, 2.45) is 0 Å². The van der Waals surface area contributed by atoms with Gasteiger partial charge in [-0.1, -0.05) is 47.5 Å². The number of rotatable bonds is 15. The molecule has 4 aromatic rings. The van der Waals surface area contributed by atoms with Crippen molar-refractivity contribution in [2.75, 3.05) is 86.8 Å². The molecule has 31 heteroatoms. The van der Waals surface area contributed by atoms with Crippen LogP contribution in [-0.4, -0.2) is 193 Å². The van der Waals surface area contributed by atoms with E-state index < -0.39 is 93.1 Å². The van der Waals surface area contributed by atoms with Crippen LogP contribution in [0.4, 0.5) is 35.1 Å². The number of benzene rings is 4. The summed E-state index contributed by atoms with van der Waals surface area (Å²) < 4.78 is 191. The molecule has 8 rings (SSSR count). The van der Waals surface area contributed by atoms with Crippen molar-refractivity contribution in [3.8, 4) is 11.5 Å². The van der Waals surface area contributed by atoms with Crippen LogP contribution in [0.25, 0.3) is 12.2 Å². The van der Waals surface area contributed by atoms with Crippen molar-refractivity contribution < 1.29 is 79.4 Å². The number of sulfonamides is 3. The highest BCUT2D eigenvalue weighted by molar-refractivity contribution is 7.89. The van der Waals surface area contributed by atoms with Crippen LogP contribution < -0.4 is 14.8 Å². The van der Waals surface area contributed by atoms with E-state index in [4.69, 9.17) is 23.2 Å². The van der Waals surface area contributed by atoms with Gasteiger partial charge in [0.15, 0.2) is 0 Å². The van der Waals surface area contributed by atoms with Crippen LogP contribution in [0, 0.1) is 11.6 Å². The minimum absolute atomic E-state index is 0.000391. The SMILES string of the molecule is CN(C)S(=O)(=O)c1cc(Cl)c(OC(F)(F)F)cc1/C=C/C(=O)N1C2CN(Cc3ccc(F)cc3)CC1CN(S(C)(=O)=O)C2.CN(C)S(=O)(=O)c1cc(Cl)c(OC(F)(F)F)cc1/C=C/C(=O)N1C2CNCC1CN(Cc1ccc(F)cc1)C2. The Morgan fingerprint density at radius 1 is 0.585 bits per heavy atom. The number of halogens is 10. The highest BCUT2D eigenvalue weighted by Crippen LogP contribution is 2.38. The van der Waals surface area contributed by atoms with Crippen molar-refractivity contribution in [1.82, 2.24) is 37.8 Å². The van der Waals surface area contributed by atoms with Gasteiger partial charge in [0, 0.05) is 106 Å². The van der Waals surface area contributed by atoms with Crippen LogP contribution >= 0.6 is 23.2 Å². The molecule has 0 saturated carbocycles. The molecule has 4 saturated heterocycles. The number of carbonyl (C=O) groups excluding carboxylic acids is 2. The zero-order valence-electron chi connectivity index (χ0n) is 44.3. The fourth-order valence-corrected chi connectivity index (χ4v) is 13.5. The summed E-state index contributed by atoms with van der Waals surface area (Å²) in [5.74, 6) is -3.34. The summed E-state index contributed by atoms with van der Waals surface area (Å²) in [7, 11) is -6.93. The van der Waals surface area contributed by atoms with Crippen LogP contribution in [0.15, 0.2) is 94.7 Å². The van der Waals surface area contributed by atoms with Crippen molar-refractivity contribution in [1.29, 1.82) is 0 Å². The first-order chi connectivity index (χ1) is 38.1. The third-order valence-corrected chi connectivity index (χ3v) is 19.1. The van der Waals surface area contributed by atoms with Crippen molar-refractivity contribution >= 4 is 77.2 Å². The lowest BCUT2D eigenvalue weighted by molar-refractivity contribution is -0.275. The van der Waals surface area contributed by atoms with E-state index in [1.807, 2.05) is 4.90 Å². The fraction of sp³-hybridized carbons (Fsp3) is 0.412. The van der Waals surface area contributed by atoms with Gasteiger partial charge in [-0.2, -0.15) is 4.31 Å². The van der Waals surface area contributed by atoms with Gasteiger partial charge in [-0.15, -0.1) is 26.3 Å². The molecule has 18 nitrogen and oxygen atoms in total. The largest absolute Gasteiger partial charge is 0.573 e. The zero-order valence-corrected chi connectivity index (χ0v) is 48.3. The van der Waals surface area contributed by atoms with Gasteiger partial charge in [0.2, 0.25) is 41.9 Å². The van der Waals surface area contributed by atoms with Gasteiger partial charge in [-0.05, 0) is 82.9 Å². The standard InChI is InChI=1S/C26H29ClF4N4O6S2.C25H27ClF4N4O4S/c1-32(2)43(39,40)24-11-22(27)23(41-26(29,30)31)10-18(24)6-9-25(36)35-20-13-33(12-17-4-7-19(28)8-5-17)14-21(35)16-34(15-20)42(3,37)38;1-32(2)39(36,37)23-10-21(26)22(38-25(28,29)30)9-17(23)5-8-24(35)34-19-11-31-12-20(34)15-33(14-19)13-16-3-6-18(27)7-4-16/h4-11,20-21H,12-16H2,1-3H3;3-10,19-20,31H,11-15H2,1-2H3/b9-6+;8-5+. The second kappa shape index (κ2) is 25.4. The zero-order chi connectivity index (χ0) is 60.4. The molecule has 0 spiro atoms. The molecule has 4 heterocycles. The van der Waals surface area contributed by atoms with Gasteiger partial charge in [0.05, 0.1) is 50.3 Å². The number of nitrogens with zero attached hydrogens (tertiary/aromatic N) is 7. The predicted octanol–water partition coefficient (Wildman–Crippen LogP) is 6.32. The van der Waals surface area contributed by atoms with E-state index >= 15 is 0 Å². The molecule has 4 unspecified atom stereocenters. The average Bonchev–Trinajstić information content (AvgIpc) is 3.51. The molecule has 0 aromatic heterocycles. The summed E-state index contributed by atoms with van der Waals surface area (Å²) in [6.07, 6.45) is -4.69. The first-order valence-electron chi connectivity index (χ1n) is 24.7. The van der Waals surface area contributed by atoms with E-state index in [2.05, 4.69) is 19.7 Å². The average molecular weight is 1260 g/mol. The normalized spacial score (nSPS) is 20.6. The molecule has 2 amide bonds. The molecular weight excluding hydrogens is 1200 g/mol. The summed E-state index contributed by atoms with van der Waals surface area (Å²) in [6.45, 7) is 3.73. The first-order valence-corrected chi connectivity index (χ1v) is 30.2. The van der Waals surface area contributed by atoms with Crippen molar-refractivity contribution in [3.05, 3.63) is 129 Å². The van der Waals surface area contributed by atoms with Crippen LogP contribution in [0.3, 0.4) is 0 Å². The maximum absolute atomic E-state index is 13.5. The number of carbonyl (C=O) groups is 2. The Balaban J connectivity index is 0.000000237. The van der Waals surface area contributed by atoms with Crippen LogP contribution in [0.1, 0.15) is 22.3 Å². The topological polar surface area (TPSA) is 190 Å².